The fourth-order valence-electron chi connectivity index (χ4n) is 0.606. The number of hydrogen-bond acceptors (Lipinski definition) is 2. The Bertz CT molecular complexity index is 210. The predicted molar refractivity (Wildman–Crippen MR) is 40.3 cm³/mol. The second-order valence-corrected chi connectivity index (χ2v) is 2.68. The van der Waals surface area contributed by atoms with Gasteiger partial charge in [0, 0.05) is 23.5 Å². The molecule has 0 saturated carbocycles. The lowest BCUT2D eigenvalue weighted by atomic mass is 10.2. The molecule has 1 heterocycles. The predicted octanol–water partition coefficient (Wildman–Crippen LogP) is 1.57. The summed E-state index contributed by atoms with van der Waals surface area (Å²) in [7, 11) is 0. The molecule has 10 heavy (non-hydrogen) atoms. The van der Waals surface area contributed by atoms with E-state index in [9.17, 15) is 4.79 Å². The molecule has 1 aliphatic rings. The van der Waals surface area contributed by atoms with Crippen LogP contribution in [0.15, 0.2) is 22.9 Å². The molecule has 0 aromatic carbocycles. The van der Waals surface area contributed by atoms with E-state index in [0.717, 1.165) is 0 Å². The van der Waals surface area contributed by atoms with Crippen LogP contribution in [0, 0.1) is 0 Å². The molecule has 0 aromatic rings. The lowest BCUT2D eigenvalue weighted by Crippen LogP contribution is -2.11. The fourth-order valence-corrected chi connectivity index (χ4v) is 1.07. The van der Waals surface area contributed by atoms with E-state index in [0.29, 0.717) is 17.2 Å². The molecule has 0 amide bonds. The maximum Gasteiger partial charge on any atom is 0.234 e. The number of carbonyl (C=O) groups excluding carboxylic acids is 1. The molecule has 1 radical (unpaired) electrons. The first-order chi connectivity index (χ1) is 4.74. The third-order valence-corrected chi connectivity index (χ3v) is 1.65. The molecule has 2 nitrogen and oxygen atoms in total. The normalized spacial score (nSPS) is 18.0. The molecule has 4 heteroatoms. The van der Waals surface area contributed by atoms with Gasteiger partial charge in [-0.1, -0.05) is 11.6 Å². The molecule has 0 spiro atoms. The van der Waals surface area contributed by atoms with Gasteiger partial charge in [0.05, 0.1) is 11.6 Å². The fraction of sp³-hybridized carbons (Fsp3) is 0.167. The van der Waals surface area contributed by atoms with Crippen LogP contribution in [0.1, 0.15) is 0 Å². The second-order valence-electron chi connectivity index (χ2n) is 1.79. The van der Waals surface area contributed by atoms with E-state index in [2.05, 4.69) is 0 Å². The lowest BCUT2D eigenvalue weighted by molar-refractivity contribution is 0.561. The van der Waals surface area contributed by atoms with Gasteiger partial charge >= 0.3 is 0 Å². The van der Waals surface area contributed by atoms with Crippen molar-refractivity contribution >= 4 is 29.7 Å². The Morgan fingerprint density at radius 3 is 2.90 bits per heavy atom. The van der Waals surface area contributed by atoms with Gasteiger partial charge in [-0.2, -0.15) is 0 Å². The maximum atomic E-state index is 10.1. The highest BCUT2D eigenvalue weighted by Crippen LogP contribution is 2.17. The monoisotopic (exact) mass is 176 g/mol. The molecular formula is C6H4Cl2NO. The van der Waals surface area contributed by atoms with Gasteiger partial charge in [-0.3, -0.25) is 9.21 Å². The first kappa shape index (κ1) is 7.63. The third-order valence-electron chi connectivity index (χ3n) is 1.10. The Morgan fingerprint density at radius 2 is 2.40 bits per heavy atom. The molecule has 0 aromatic heterocycles. The van der Waals surface area contributed by atoms with E-state index in [1.54, 1.807) is 12.5 Å². The summed E-state index contributed by atoms with van der Waals surface area (Å²) in [5.74, 6) is 0. The van der Waals surface area contributed by atoms with Crippen LogP contribution >= 0.6 is 23.4 Å². The topological polar surface area (TPSA) is 20.3 Å². The standard InChI is InChI=1S/C6H4Cl2NO/c7-6-3-9(8)2-1-5(6)4-10/h1-2H,3H2. The zero-order valence-corrected chi connectivity index (χ0v) is 6.49. The summed E-state index contributed by atoms with van der Waals surface area (Å²) in [6.45, 7) is 0.365. The van der Waals surface area contributed by atoms with Crippen LogP contribution in [0.5, 0.6) is 0 Å². The summed E-state index contributed by atoms with van der Waals surface area (Å²) in [6, 6.07) is 0. The van der Waals surface area contributed by atoms with Crippen molar-refractivity contribution in [3.05, 3.63) is 22.9 Å². The molecule has 0 unspecified atom stereocenters. The summed E-state index contributed by atoms with van der Waals surface area (Å²) >= 11 is 11.1. The minimum absolute atomic E-state index is 0.365. The van der Waals surface area contributed by atoms with E-state index in [1.807, 2.05) is 0 Å². The van der Waals surface area contributed by atoms with Crippen molar-refractivity contribution in [1.82, 2.24) is 4.42 Å². The molecule has 0 aliphatic carbocycles. The number of rotatable bonds is 1. The van der Waals surface area contributed by atoms with Gasteiger partial charge in [0.2, 0.25) is 6.29 Å². The van der Waals surface area contributed by atoms with Crippen LogP contribution < -0.4 is 0 Å². The molecule has 0 bridgehead atoms. The number of allylic oxidation sites excluding steroid dienone is 2. The number of halogens is 2. The summed E-state index contributed by atoms with van der Waals surface area (Å²) in [5.41, 5.74) is 0.374. The molecular weight excluding hydrogens is 173 g/mol. The van der Waals surface area contributed by atoms with E-state index in [1.165, 1.54) is 10.5 Å². The molecule has 0 N–H and O–H groups in total. The Labute approximate surface area is 68.8 Å². The van der Waals surface area contributed by atoms with Crippen LogP contribution in [0.25, 0.3) is 0 Å². The second kappa shape index (κ2) is 3.08. The van der Waals surface area contributed by atoms with Gasteiger partial charge in [-0.25, -0.2) is 0 Å². The van der Waals surface area contributed by atoms with Gasteiger partial charge in [0.25, 0.3) is 0 Å². The van der Waals surface area contributed by atoms with Crippen molar-refractivity contribution in [2.24, 2.45) is 0 Å². The Kier molecular flexibility index (Phi) is 2.35. The molecule has 53 valence electrons. The SMILES string of the molecule is O=[C]C1=C(Cl)CN(Cl)C=C1. The average molecular weight is 177 g/mol. The van der Waals surface area contributed by atoms with E-state index < -0.39 is 0 Å². The van der Waals surface area contributed by atoms with Crippen molar-refractivity contribution in [2.45, 2.75) is 0 Å². The Balaban J connectivity index is 2.82. The van der Waals surface area contributed by atoms with Crippen molar-refractivity contribution in [1.29, 1.82) is 0 Å². The van der Waals surface area contributed by atoms with Gasteiger partial charge in [-0.15, -0.1) is 0 Å². The van der Waals surface area contributed by atoms with E-state index in [-0.39, 0.29) is 0 Å². The molecule has 1 aliphatic heterocycles. The minimum Gasteiger partial charge on any atom is -0.287 e. The molecule has 0 saturated heterocycles. The maximum absolute atomic E-state index is 10.1. The first-order valence-corrected chi connectivity index (χ1v) is 3.33. The Hall–Kier alpha value is -0.470. The van der Waals surface area contributed by atoms with Crippen LogP contribution in [0.3, 0.4) is 0 Å². The van der Waals surface area contributed by atoms with Gasteiger partial charge in [0.15, 0.2) is 0 Å². The number of hydrogen-bond donors (Lipinski definition) is 0. The average Bonchev–Trinajstić information content (AvgIpc) is 1.88. The van der Waals surface area contributed by atoms with Crippen LogP contribution in [-0.4, -0.2) is 17.2 Å². The van der Waals surface area contributed by atoms with Crippen molar-refractivity contribution < 1.29 is 4.79 Å². The summed E-state index contributed by atoms with van der Waals surface area (Å²) in [5, 5.41) is 0.424. The highest BCUT2D eigenvalue weighted by molar-refractivity contribution is 6.32. The Morgan fingerprint density at radius 1 is 1.70 bits per heavy atom. The summed E-state index contributed by atoms with van der Waals surface area (Å²) < 4.78 is 1.36. The first-order valence-electron chi connectivity index (χ1n) is 2.61. The number of nitrogens with zero attached hydrogens (tertiary/aromatic N) is 1. The largest absolute Gasteiger partial charge is 0.287 e. The summed E-state index contributed by atoms with van der Waals surface area (Å²) in [4.78, 5) is 10.1. The summed E-state index contributed by atoms with van der Waals surface area (Å²) in [6.07, 6.45) is 4.78. The smallest absolute Gasteiger partial charge is 0.234 e. The molecule has 0 atom stereocenters. The van der Waals surface area contributed by atoms with E-state index in [4.69, 9.17) is 23.4 Å². The highest BCUT2D eigenvalue weighted by atomic mass is 35.5. The van der Waals surface area contributed by atoms with Crippen molar-refractivity contribution in [2.75, 3.05) is 6.54 Å². The van der Waals surface area contributed by atoms with Gasteiger partial charge in [-0.05, 0) is 6.08 Å². The van der Waals surface area contributed by atoms with E-state index >= 15 is 0 Å². The quantitative estimate of drug-likeness (QED) is 0.566. The zero-order chi connectivity index (χ0) is 7.56. The van der Waals surface area contributed by atoms with Crippen LogP contribution in [0.4, 0.5) is 0 Å². The molecule has 1 rings (SSSR count). The molecule has 0 fully saturated rings. The van der Waals surface area contributed by atoms with Gasteiger partial charge < -0.3 is 0 Å². The van der Waals surface area contributed by atoms with Crippen molar-refractivity contribution in [3.63, 3.8) is 0 Å². The zero-order valence-electron chi connectivity index (χ0n) is 4.97. The van der Waals surface area contributed by atoms with Crippen LogP contribution in [-0.2, 0) is 4.79 Å². The van der Waals surface area contributed by atoms with Crippen molar-refractivity contribution in [3.8, 4) is 0 Å². The minimum atomic E-state index is 0.365. The van der Waals surface area contributed by atoms with Crippen LogP contribution in [0.2, 0.25) is 0 Å². The lowest BCUT2D eigenvalue weighted by Gasteiger charge is -2.13. The van der Waals surface area contributed by atoms with Gasteiger partial charge in [0.1, 0.15) is 0 Å². The third kappa shape index (κ3) is 1.52. The highest BCUT2D eigenvalue weighted by Gasteiger charge is 2.09.